The van der Waals surface area contributed by atoms with E-state index in [-0.39, 0.29) is 11.7 Å². The predicted molar refractivity (Wildman–Crippen MR) is 86.0 cm³/mol. The number of nitrogens with one attached hydrogen (secondary N) is 3. The third-order valence-electron chi connectivity index (χ3n) is 3.38. The smallest absolute Gasteiger partial charge is 0.271 e. The first kappa shape index (κ1) is 13.8. The van der Waals surface area contributed by atoms with Crippen molar-refractivity contribution in [1.82, 2.24) is 15.8 Å². The molecule has 5 nitrogen and oxygen atoms in total. The minimum atomic E-state index is -0.252. The molecule has 0 aliphatic rings. The quantitative estimate of drug-likeness (QED) is 0.559. The number of fused-ring (bicyclic) bond motifs is 1. The van der Waals surface area contributed by atoms with Crippen molar-refractivity contribution in [2.24, 2.45) is 0 Å². The zero-order chi connectivity index (χ0) is 15.5. The van der Waals surface area contributed by atoms with Gasteiger partial charge < -0.3 is 10.1 Å². The number of carbonyl (C=O) groups is 1. The van der Waals surface area contributed by atoms with Crippen LogP contribution in [0.3, 0.4) is 0 Å². The van der Waals surface area contributed by atoms with Crippen molar-refractivity contribution < 1.29 is 9.90 Å². The van der Waals surface area contributed by atoms with Crippen LogP contribution in [0.5, 0.6) is 5.75 Å². The monoisotopic (exact) mass is 293 g/mol. The van der Waals surface area contributed by atoms with Crippen molar-refractivity contribution in [2.75, 3.05) is 0 Å². The first-order valence-electron chi connectivity index (χ1n) is 6.76. The molecule has 0 radical (unpaired) electrons. The van der Waals surface area contributed by atoms with Gasteiger partial charge in [0, 0.05) is 17.1 Å². The van der Waals surface area contributed by atoms with Crippen molar-refractivity contribution in [2.45, 2.75) is 0 Å². The Morgan fingerprint density at radius 3 is 2.55 bits per heavy atom. The van der Waals surface area contributed by atoms with Crippen molar-refractivity contribution in [1.29, 1.82) is 0 Å². The number of hydrogen-bond acceptors (Lipinski definition) is 3. The van der Waals surface area contributed by atoms with E-state index in [1.807, 2.05) is 24.3 Å². The number of rotatable bonds is 4. The van der Waals surface area contributed by atoms with E-state index < -0.39 is 0 Å². The molecule has 0 fully saturated rings. The van der Waals surface area contributed by atoms with Crippen LogP contribution in [0.2, 0.25) is 0 Å². The van der Waals surface area contributed by atoms with E-state index in [2.05, 4.69) is 22.4 Å². The summed E-state index contributed by atoms with van der Waals surface area (Å²) >= 11 is 0. The van der Waals surface area contributed by atoms with Gasteiger partial charge in [-0.2, -0.15) is 0 Å². The van der Waals surface area contributed by atoms with Crippen LogP contribution in [0.25, 0.3) is 16.6 Å². The van der Waals surface area contributed by atoms with Crippen LogP contribution in [-0.4, -0.2) is 16.0 Å². The molecule has 22 heavy (non-hydrogen) atoms. The summed E-state index contributed by atoms with van der Waals surface area (Å²) in [5.74, 6) is -0.0724. The average molecular weight is 293 g/mol. The molecule has 2 aromatic carbocycles. The number of H-pyrrole nitrogens is 1. The second kappa shape index (κ2) is 5.65. The standard InChI is InChI=1S/C17H15N3O2/c1-11(12-6-8-13(21)9-7-12)19-20-17(22)15-10-18-16-5-3-2-4-14(15)16/h2-10,18-19,21H,1H2,(H,20,22). The molecule has 3 rings (SSSR count). The molecule has 110 valence electrons. The highest BCUT2D eigenvalue weighted by Gasteiger charge is 2.11. The zero-order valence-electron chi connectivity index (χ0n) is 11.8. The Labute approximate surface area is 127 Å². The Kier molecular flexibility index (Phi) is 3.53. The zero-order valence-corrected chi connectivity index (χ0v) is 11.8. The van der Waals surface area contributed by atoms with Gasteiger partial charge in [0.1, 0.15) is 5.75 Å². The van der Waals surface area contributed by atoms with E-state index in [0.29, 0.717) is 11.3 Å². The van der Waals surface area contributed by atoms with Gasteiger partial charge in [0.15, 0.2) is 0 Å². The number of aromatic hydroxyl groups is 1. The highest BCUT2D eigenvalue weighted by atomic mass is 16.3. The summed E-state index contributed by atoms with van der Waals surface area (Å²) < 4.78 is 0. The SMILES string of the molecule is C=C(NNC(=O)c1c[nH]c2ccccc12)c1ccc(O)cc1. The van der Waals surface area contributed by atoms with Crippen LogP contribution >= 0.6 is 0 Å². The van der Waals surface area contributed by atoms with Crippen molar-refractivity contribution in [3.63, 3.8) is 0 Å². The third-order valence-corrected chi connectivity index (χ3v) is 3.38. The maximum atomic E-state index is 12.2. The fourth-order valence-electron chi connectivity index (χ4n) is 2.19. The van der Waals surface area contributed by atoms with Gasteiger partial charge in [-0.3, -0.25) is 15.6 Å². The van der Waals surface area contributed by atoms with Gasteiger partial charge in [-0.05, 0) is 35.9 Å². The minimum absolute atomic E-state index is 0.180. The van der Waals surface area contributed by atoms with Crippen LogP contribution in [-0.2, 0) is 0 Å². The van der Waals surface area contributed by atoms with Crippen molar-refractivity contribution >= 4 is 22.5 Å². The summed E-state index contributed by atoms with van der Waals surface area (Å²) in [7, 11) is 0. The Morgan fingerprint density at radius 2 is 1.77 bits per heavy atom. The summed E-state index contributed by atoms with van der Waals surface area (Å²) in [5, 5.41) is 10.1. The Hall–Kier alpha value is -3.21. The van der Waals surface area contributed by atoms with Gasteiger partial charge in [-0.1, -0.05) is 24.8 Å². The summed E-state index contributed by atoms with van der Waals surface area (Å²) in [6.45, 7) is 3.85. The van der Waals surface area contributed by atoms with Gasteiger partial charge in [-0.15, -0.1) is 0 Å². The van der Waals surface area contributed by atoms with Crippen LogP contribution in [0.1, 0.15) is 15.9 Å². The molecule has 4 N–H and O–H groups in total. The van der Waals surface area contributed by atoms with Crippen LogP contribution in [0.4, 0.5) is 0 Å². The lowest BCUT2D eigenvalue weighted by atomic mass is 10.1. The molecule has 0 atom stereocenters. The average Bonchev–Trinajstić information content (AvgIpc) is 2.97. The number of aromatic nitrogens is 1. The fraction of sp³-hybridized carbons (Fsp3) is 0. The second-order valence-corrected chi connectivity index (χ2v) is 4.85. The van der Waals surface area contributed by atoms with Gasteiger partial charge in [0.2, 0.25) is 0 Å². The Bertz CT molecular complexity index is 834. The van der Waals surface area contributed by atoms with E-state index >= 15 is 0 Å². The summed E-state index contributed by atoms with van der Waals surface area (Å²) in [6.07, 6.45) is 1.67. The first-order valence-corrected chi connectivity index (χ1v) is 6.76. The summed E-state index contributed by atoms with van der Waals surface area (Å²) in [4.78, 5) is 15.3. The van der Waals surface area contributed by atoms with Crippen molar-refractivity contribution in [3.8, 4) is 5.75 Å². The van der Waals surface area contributed by atoms with E-state index in [4.69, 9.17) is 0 Å². The molecule has 3 aromatic rings. The molecule has 0 aliphatic heterocycles. The van der Waals surface area contributed by atoms with Gasteiger partial charge in [0.25, 0.3) is 5.91 Å². The number of phenols is 1. The van der Waals surface area contributed by atoms with Crippen LogP contribution in [0.15, 0.2) is 61.3 Å². The minimum Gasteiger partial charge on any atom is -0.508 e. The predicted octanol–water partition coefficient (Wildman–Crippen LogP) is 2.78. The number of amides is 1. The Balaban J connectivity index is 1.70. The largest absolute Gasteiger partial charge is 0.508 e. The second-order valence-electron chi connectivity index (χ2n) is 4.85. The molecule has 1 aromatic heterocycles. The van der Waals surface area contributed by atoms with E-state index in [0.717, 1.165) is 16.5 Å². The molecule has 0 saturated heterocycles. The normalized spacial score (nSPS) is 10.4. The number of para-hydroxylation sites is 1. The number of hydrazine groups is 1. The van der Waals surface area contributed by atoms with Gasteiger partial charge >= 0.3 is 0 Å². The number of aromatic amines is 1. The molecular formula is C17H15N3O2. The van der Waals surface area contributed by atoms with E-state index in [9.17, 15) is 9.90 Å². The molecule has 0 aliphatic carbocycles. The molecule has 1 heterocycles. The lowest BCUT2D eigenvalue weighted by Crippen LogP contribution is -2.35. The number of benzene rings is 2. The van der Waals surface area contributed by atoms with E-state index in [1.165, 1.54) is 0 Å². The summed E-state index contributed by atoms with van der Waals surface area (Å²) in [5.41, 5.74) is 8.18. The first-order chi connectivity index (χ1) is 10.6. The number of phenolic OH excluding ortho intramolecular Hbond substituents is 1. The number of carbonyl (C=O) groups excluding carboxylic acids is 1. The topological polar surface area (TPSA) is 77.1 Å². The maximum Gasteiger partial charge on any atom is 0.271 e. The highest BCUT2D eigenvalue weighted by molar-refractivity contribution is 6.06. The lowest BCUT2D eigenvalue weighted by Gasteiger charge is -2.11. The Morgan fingerprint density at radius 1 is 1.05 bits per heavy atom. The molecule has 0 unspecified atom stereocenters. The molecular weight excluding hydrogens is 278 g/mol. The fourth-order valence-corrected chi connectivity index (χ4v) is 2.19. The molecule has 0 spiro atoms. The highest BCUT2D eigenvalue weighted by Crippen LogP contribution is 2.17. The molecule has 0 bridgehead atoms. The molecule has 0 saturated carbocycles. The summed E-state index contributed by atoms with van der Waals surface area (Å²) in [6, 6.07) is 14.1. The number of hydrogen-bond donors (Lipinski definition) is 4. The molecule has 1 amide bonds. The third kappa shape index (κ3) is 2.64. The van der Waals surface area contributed by atoms with Crippen LogP contribution in [0, 0.1) is 0 Å². The van der Waals surface area contributed by atoms with Crippen molar-refractivity contribution in [3.05, 3.63) is 72.4 Å². The van der Waals surface area contributed by atoms with Gasteiger partial charge in [0.05, 0.1) is 11.3 Å². The van der Waals surface area contributed by atoms with Gasteiger partial charge in [-0.25, -0.2) is 0 Å². The van der Waals surface area contributed by atoms with E-state index in [1.54, 1.807) is 30.5 Å². The molecule has 5 heteroatoms. The lowest BCUT2D eigenvalue weighted by molar-refractivity contribution is 0.0944. The maximum absolute atomic E-state index is 12.2. The van der Waals surface area contributed by atoms with Crippen LogP contribution < -0.4 is 10.9 Å².